The number of allylic oxidation sites excluding steroid dienone is 1. The lowest BCUT2D eigenvalue weighted by Crippen LogP contribution is -2.17. The van der Waals surface area contributed by atoms with Crippen LogP contribution in [0.1, 0.15) is 6.42 Å². The average Bonchev–Trinajstić information content (AvgIpc) is 2.63. The van der Waals surface area contributed by atoms with E-state index in [4.69, 9.17) is 5.73 Å². The number of nitrogens with zero attached hydrogens (tertiary/aromatic N) is 3. The van der Waals surface area contributed by atoms with Gasteiger partial charge < -0.3 is 5.73 Å². The Morgan fingerprint density at radius 1 is 1.50 bits per heavy atom. The van der Waals surface area contributed by atoms with Gasteiger partial charge in [-0.1, -0.05) is 12.2 Å². The number of nitrogens with two attached hydrogens (primary N) is 1. The molecule has 1 aromatic rings. The van der Waals surface area contributed by atoms with Crippen molar-refractivity contribution in [3.63, 3.8) is 0 Å². The van der Waals surface area contributed by atoms with Crippen LogP contribution in [-0.4, -0.2) is 20.8 Å². The summed E-state index contributed by atoms with van der Waals surface area (Å²) in [6.45, 7) is 0.893. The Hall–Kier alpha value is -1.16. The van der Waals surface area contributed by atoms with E-state index < -0.39 is 0 Å². The molecular weight excluding hydrogens is 152 g/mol. The Kier molecular flexibility index (Phi) is 1.91. The summed E-state index contributed by atoms with van der Waals surface area (Å²) >= 11 is 0. The van der Waals surface area contributed by atoms with Crippen LogP contribution in [0, 0.1) is 5.92 Å². The summed E-state index contributed by atoms with van der Waals surface area (Å²) in [5.41, 5.74) is 5.72. The van der Waals surface area contributed by atoms with Gasteiger partial charge in [0, 0.05) is 12.6 Å². The van der Waals surface area contributed by atoms with Crippen LogP contribution in [0.4, 0.5) is 0 Å². The minimum Gasteiger partial charge on any atom is -0.324 e. The average molecular weight is 164 g/mol. The second-order valence-electron chi connectivity index (χ2n) is 3.16. The third kappa shape index (κ3) is 1.53. The zero-order valence-corrected chi connectivity index (χ0v) is 6.80. The smallest absolute Gasteiger partial charge is 0.137 e. The maximum absolute atomic E-state index is 5.72. The summed E-state index contributed by atoms with van der Waals surface area (Å²) in [5.74, 6) is 0.529. The number of hydrogen-bond donors (Lipinski definition) is 1. The summed E-state index contributed by atoms with van der Waals surface area (Å²) in [6.07, 6.45) is 8.53. The molecule has 1 aromatic heterocycles. The van der Waals surface area contributed by atoms with Crippen LogP contribution in [-0.2, 0) is 6.54 Å². The molecule has 4 nitrogen and oxygen atoms in total. The molecule has 1 heterocycles. The fourth-order valence-electron chi connectivity index (χ4n) is 1.51. The van der Waals surface area contributed by atoms with E-state index in [2.05, 4.69) is 22.2 Å². The summed E-state index contributed by atoms with van der Waals surface area (Å²) in [4.78, 5) is 3.88. The molecule has 0 aliphatic heterocycles. The third-order valence-corrected chi connectivity index (χ3v) is 2.09. The van der Waals surface area contributed by atoms with E-state index in [9.17, 15) is 0 Å². The van der Waals surface area contributed by atoms with Gasteiger partial charge in [0.25, 0.3) is 0 Å². The highest BCUT2D eigenvalue weighted by Crippen LogP contribution is 2.17. The predicted octanol–water partition coefficient (Wildman–Crippen LogP) is 0.181. The minimum atomic E-state index is 0.235. The van der Waals surface area contributed by atoms with Crippen LogP contribution in [0.25, 0.3) is 0 Å². The lowest BCUT2D eigenvalue weighted by molar-refractivity contribution is 0.468. The zero-order chi connectivity index (χ0) is 8.39. The zero-order valence-electron chi connectivity index (χ0n) is 6.80. The normalized spacial score (nSPS) is 28.1. The van der Waals surface area contributed by atoms with Crippen molar-refractivity contribution in [1.82, 2.24) is 14.8 Å². The van der Waals surface area contributed by atoms with E-state index in [-0.39, 0.29) is 6.04 Å². The summed E-state index contributed by atoms with van der Waals surface area (Å²) in [6, 6.07) is 0.235. The van der Waals surface area contributed by atoms with Crippen LogP contribution in [0.3, 0.4) is 0 Å². The Labute approximate surface area is 71.1 Å². The fourth-order valence-corrected chi connectivity index (χ4v) is 1.51. The van der Waals surface area contributed by atoms with Crippen LogP contribution in [0.15, 0.2) is 24.8 Å². The first-order chi connectivity index (χ1) is 5.84. The molecule has 0 fully saturated rings. The van der Waals surface area contributed by atoms with E-state index >= 15 is 0 Å². The maximum atomic E-state index is 5.72. The van der Waals surface area contributed by atoms with Crippen molar-refractivity contribution in [2.75, 3.05) is 0 Å². The molecule has 0 saturated carbocycles. The molecule has 0 saturated heterocycles. The van der Waals surface area contributed by atoms with Crippen molar-refractivity contribution in [1.29, 1.82) is 0 Å². The fraction of sp³-hybridized carbons (Fsp3) is 0.500. The van der Waals surface area contributed by atoms with Crippen LogP contribution in [0.5, 0.6) is 0 Å². The monoisotopic (exact) mass is 164 g/mol. The van der Waals surface area contributed by atoms with Crippen molar-refractivity contribution in [3.8, 4) is 0 Å². The molecule has 2 atom stereocenters. The number of aromatic nitrogens is 3. The highest BCUT2D eigenvalue weighted by atomic mass is 15.3. The lowest BCUT2D eigenvalue weighted by atomic mass is 10.1. The van der Waals surface area contributed by atoms with Crippen LogP contribution < -0.4 is 5.73 Å². The molecule has 1 aliphatic carbocycles. The van der Waals surface area contributed by atoms with Gasteiger partial charge in [0.2, 0.25) is 0 Å². The van der Waals surface area contributed by atoms with Crippen molar-refractivity contribution in [2.24, 2.45) is 11.7 Å². The molecule has 0 amide bonds. The second-order valence-corrected chi connectivity index (χ2v) is 3.16. The van der Waals surface area contributed by atoms with Crippen LogP contribution >= 0.6 is 0 Å². The maximum Gasteiger partial charge on any atom is 0.137 e. The summed E-state index contributed by atoms with van der Waals surface area (Å²) in [5, 5.41) is 4.04. The minimum absolute atomic E-state index is 0.235. The van der Waals surface area contributed by atoms with Crippen molar-refractivity contribution in [2.45, 2.75) is 19.0 Å². The van der Waals surface area contributed by atoms with Crippen LogP contribution in [0.2, 0.25) is 0 Å². The van der Waals surface area contributed by atoms with E-state index in [1.165, 1.54) is 0 Å². The molecule has 12 heavy (non-hydrogen) atoms. The largest absolute Gasteiger partial charge is 0.324 e. The first kappa shape index (κ1) is 7.49. The number of hydrogen-bond acceptors (Lipinski definition) is 3. The first-order valence-electron chi connectivity index (χ1n) is 4.11. The molecule has 2 N–H and O–H groups in total. The topological polar surface area (TPSA) is 56.7 Å². The molecule has 0 unspecified atom stereocenters. The Morgan fingerprint density at radius 2 is 2.42 bits per heavy atom. The van der Waals surface area contributed by atoms with E-state index in [0.717, 1.165) is 13.0 Å². The molecule has 0 aromatic carbocycles. The number of rotatable bonds is 2. The molecule has 64 valence electrons. The standard InChI is InChI=1S/C8H12N4/c9-8-2-1-7(3-8)4-12-6-10-5-11-12/h1-2,5-8H,3-4,9H2/t7-,8+/m0/s1. The van der Waals surface area contributed by atoms with Crippen molar-refractivity contribution in [3.05, 3.63) is 24.8 Å². The molecule has 0 bridgehead atoms. The second kappa shape index (κ2) is 3.06. The molecule has 1 aliphatic rings. The van der Waals surface area contributed by atoms with E-state index in [1.54, 1.807) is 12.7 Å². The molecule has 0 radical (unpaired) electrons. The molecular formula is C8H12N4. The van der Waals surface area contributed by atoms with Gasteiger partial charge in [-0.15, -0.1) is 0 Å². The Morgan fingerprint density at radius 3 is 3.00 bits per heavy atom. The van der Waals surface area contributed by atoms with Gasteiger partial charge in [-0.3, -0.25) is 4.68 Å². The SMILES string of the molecule is N[C@@H]1C=C[C@H](Cn2cncn2)C1. The first-order valence-corrected chi connectivity index (χ1v) is 4.11. The highest BCUT2D eigenvalue weighted by molar-refractivity contribution is 5.04. The summed E-state index contributed by atoms with van der Waals surface area (Å²) in [7, 11) is 0. The molecule has 2 rings (SSSR count). The van der Waals surface area contributed by atoms with Gasteiger partial charge >= 0.3 is 0 Å². The van der Waals surface area contributed by atoms with Crippen molar-refractivity contribution < 1.29 is 0 Å². The third-order valence-electron chi connectivity index (χ3n) is 2.09. The van der Waals surface area contributed by atoms with Gasteiger partial charge in [-0.2, -0.15) is 5.10 Å². The quantitative estimate of drug-likeness (QED) is 0.634. The highest BCUT2D eigenvalue weighted by Gasteiger charge is 2.15. The van der Waals surface area contributed by atoms with Crippen molar-refractivity contribution >= 4 is 0 Å². The van der Waals surface area contributed by atoms with Gasteiger partial charge in [-0.25, -0.2) is 4.98 Å². The lowest BCUT2D eigenvalue weighted by Gasteiger charge is -2.07. The van der Waals surface area contributed by atoms with Gasteiger partial charge in [0.15, 0.2) is 0 Å². The van der Waals surface area contributed by atoms with Gasteiger partial charge in [0.1, 0.15) is 12.7 Å². The summed E-state index contributed by atoms with van der Waals surface area (Å²) < 4.78 is 1.84. The van der Waals surface area contributed by atoms with E-state index in [1.807, 2.05) is 4.68 Å². The van der Waals surface area contributed by atoms with E-state index in [0.29, 0.717) is 5.92 Å². The molecule has 4 heteroatoms. The predicted molar refractivity (Wildman–Crippen MR) is 45.2 cm³/mol. The van der Waals surface area contributed by atoms with Gasteiger partial charge in [-0.05, 0) is 12.3 Å². The molecule has 0 spiro atoms. The Bertz CT molecular complexity index is 265. The Balaban J connectivity index is 1.93. The van der Waals surface area contributed by atoms with Gasteiger partial charge in [0.05, 0.1) is 0 Å².